The van der Waals surface area contributed by atoms with Gasteiger partial charge in [-0.15, -0.1) is 0 Å². The van der Waals surface area contributed by atoms with Crippen LogP contribution in [-0.4, -0.2) is 39.7 Å². The van der Waals surface area contributed by atoms with Crippen molar-refractivity contribution in [3.05, 3.63) is 48.0 Å². The van der Waals surface area contributed by atoms with E-state index in [4.69, 9.17) is 0 Å². The highest BCUT2D eigenvalue weighted by Gasteiger charge is 2.24. The van der Waals surface area contributed by atoms with Gasteiger partial charge in [0.25, 0.3) is 0 Å². The van der Waals surface area contributed by atoms with Crippen LogP contribution in [0.4, 0.5) is 0 Å². The number of aromatic amines is 1. The molecule has 2 N–H and O–H groups in total. The lowest BCUT2D eigenvalue weighted by molar-refractivity contribution is 0.151. The second-order valence-electron chi connectivity index (χ2n) is 4.56. The number of H-pyrrole nitrogens is 1. The molecule has 1 saturated heterocycles. The van der Waals surface area contributed by atoms with E-state index in [-0.39, 0.29) is 0 Å². The Morgan fingerprint density at radius 3 is 3.11 bits per heavy atom. The molecule has 1 aliphatic heterocycles. The van der Waals surface area contributed by atoms with E-state index in [1.165, 1.54) is 5.56 Å². The third-order valence-corrected chi connectivity index (χ3v) is 3.36. The molecule has 0 amide bonds. The molecule has 0 spiro atoms. The molecule has 0 radical (unpaired) electrons. The molecule has 1 atom stereocenters. The van der Waals surface area contributed by atoms with E-state index < -0.39 is 0 Å². The first-order valence-electron chi connectivity index (χ1n) is 6.26. The van der Waals surface area contributed by atoms with E-state index in [2.05, 4.69) is 31.5 Å². The van der Waals surface area contributed by atoms with Gasteiger partial charge in [-0.1, -0.05) is 6.07 Å². The van der Waals surface area contributed by atoms with Crippen LogP contribution in [0, 0.1) is 0 Å². The van der Waals surface area contributed by atoms with E-state index in [1.807, 2.05) is 24.5 Å². The van der Waals surface area contributed by atoms with Crippen molar-refractivity contribution in [2.75, 3.05) is 19.6 Å². The third-order valence-electron chi connectivity index (χ3n) is 3.36. The fourth-order valence-electron chi connectivity index (χ4n) is 2.43. The van der Waals surface area contributed by atoms with Crippen molar-refractivity contribution in [1.82, 2.24) is 25.4 Å². The summed E-state index contributed by atoms with van der Waals surface area (Å²) in [6.07, 6.45) is 5.58. The average molecular weight is 243 g/mol. The monoisotopic (exact) mass is 243 g/mol. The Labute approximate surface area is 106 Å². The predicted molar refractivity (Wildman–Crippen MR) is 68.8 cm³/mol. The number of rotatable bonds is 3. The van der Waals surface area contributed by atoms with Crippen molar-refractivity contribution in [3.63, 3.8) is 0 Å². The van der Waals surface area contributed by atoms with Crippen molar-refractivity contribution in [2.24, 2.45) is 0 Å². The van der Waals surface area contributed by atoms with E-state index in [9.17, 15) is 0 Å². The largest absolute Gasteiger partial charge is 0.314 e. The smallest absolute Gasteiger partial charge is 0.0492 e. The number of aromatic nitrogens is 3. The van der Waals surface area contributed by atoms with Crippen LogP contribution in [0.1, 0.15) is 17.3 Å². The minimum absolute atomic E-state index is 0.385. The summed E-state index contributed by atoms with van der Waals surface area (Å²) < 4.78 is 0. The standard InChI is InChI=1S/C13H17N5/c1-2-11(8-14-4-1)13-9-15-6-7-18(13)10-12-3-5-16-17-12/h1-5,8,13,15H,6-7,9-10H2,(H,16,17). The zero-order valence-electron chi connectivity index (χ0n) is 10.2. The second kappa shape index (κ2) is 5.29. The third kappa shape index (κ3) is 2.42. The molecule has 1 unspecified atom stereocenters. The lowest BCUT2D eigenvalue weighted by Crippen LogP contribution is -2.45. The average Bonchev–Trinajstić information content (AvgIpc) is 2.93. The van der Waals surface area contributed by atoms with Gasteiger partial charge in [-0.2, -0.15) is 5.10 Å². The minimum Gasteiger partial charge on any atom is -0.314 e. The maximum Gasteiger partial charge on any atom is 0.0492 e. The van der Waals surface area contributed by atoms with Gasteiger partial charge in [0.1, 0.15) is 0 Å². The van der Waals surface area contributed by atoms with Gasteiger partial charge in [0.2, 0.25) is 0 Å². The molecule has 0 aromatic carbocycles. The molecule has 2 aromatic rings. The Hall–Kier alpha value is -1.72. The first kappa shape index (κ1) is 11.4. The van der Waals surface area contributed by atoms with Crippen LogP contribution in [0.5, 0.6) is 0 Å². The topological polar surface area (TPSA) is 56.8 Å². The van der Waals surface area contributed by atoms with Gasteiger partial charge >= 0.3 is 0 Å². The van der Waals surface area contributed by atoms with Crippen molar-refractivity contribution in [1.29, 1.82) is 0 Å². The number of nitrogens with zero attached hydrogens (tertiary/aromatic N) is 3. The molecule has 5 heteroatoms. The molecule has 0 bridgehead atoms. The summed E-state index contributed by atoms with van der Waals surface area (Å²) in [6.45, 7) is 3.95. The highest BCUT2D eigenvalue weighted by molar-refractivity contribution is 5.16. The van der Waals surface area contributed by atoms with Gasteiger partial charge in [-0.05, 0) is 17.7 Å². The number of hydrogen-bond acceptors (Lipinski definition) is 4. The Bertz CT molecular complexity index is 467. The van der Waals surface area contributed by atoms with Crippen LogP contribution < -0.4 is 5.32 Å². The van der Waals surface area contributed by atoms with Crippen LogP contribution >= 0.6 is 0 Å². The fraction of sp³-hybridized carbons (Fsp3) is 0.385. The summed E-state index contributed by atoms with van der Waals surface area (Å²) in [4.78, 5) is 6.68. The zero-order valence-corrected chi connectivity index (χ0v) is 10.2. The maximum atomic E-state index is 4.22. The minimum atomic E-state index is 0.385. The van der Waals surface area contributed by atoms with Gasteiger partial charge < -0.3 is 5.32 Å². The van der Waals surface area contributed by atoms with E-state index in [1.54, 1.807) is 6.20 Å². The fourth-order valence-corrected chi connectivity index (χ4v) is 2.43. The highest BCUT2D eigenvalue weighted by Crippen LogP contribution is 2.22. The lowest BCUT2D eigenvalue weighted by Gasteiger charge is -2.35. The molecular formula is C13H17N5. The van der Waals surface area contributed by atoms with Crippen molar-refractivity contribution >= 4 is 0 Å². The molecule has 94 valence electrons. The number of piperazine rings is 1. The normalized spacial score (nSPS) is 21.0. The summed E-state index contributed by atoms with van der Waals surface area (Å²) in [5, 5.41) is 10.5. The highest BCUT2D eigenvalue weighted by atomic mass is 15.2. The Morgan fingerprint density at radius 2 is 2.33 bits per heavy atom. The van der Waals surface area contributed by atoms with Crippen LogP contribution in [-0.2, 0) is 6.54 Å². The molecule has 2 aromatic heterocycles. The van der Waals surface area contributed by atoms with Crippen LogP contribution in [0.2, 0.25) is 0 Å². The molecule has 0 saturated carbocycles. The van der Waals surface area contributed by atoms with E-state index >= 15 is 0 Å². The SMILES string of the molecule is c1cncc(C2CNCCN2Cc2ccn[nH]2)c1. The molecule has 18 heavy (non-hydrogen) atoms. The zero-order chi connectivity index (χ0) is 12.2. The van der Waals surface area contributed by atoms with Crippen LogP contribution in [0.15, 0.2) is 36.8 Å². The van der Waals surface area contributed by atoms with Crippen molar-refractivity contribution in [3.8, 4) is 0 Å². The van der Waals surface area contributed by atoms with Crippen molar-refractivity contribution in [2.45, 2.75) is 12.6 Å². The van der Waals surface area contributed by atoms with Gasteiger partial charge in [0.15, 0.2) is 0 Å². The van der Waals surface area contributed by atoms with E-state index in [0.717, 1.165) is 31.9 Å². The lowest BCUT2D eigenvalue weighted by atomic mass is 10.1. The molecule has 5 nitrogen and oxygen atoms in total. The number of hydrogen-bond donors (Lipinski definition) is 2. The van der Waals surface area contributed by atoms with Gasteiger partial charge in [0.05, 0.1) is 0 Å². The van der Waals surface area contributed by atoms with Crippen LogP contribution in [0.3, 0.4) is 0 Å². The summed E-state index contributed by atoms with van der Waals surface area (Å²) >= 11 is 0. The van der Waals surface area contributed by atoms with Gasteiger partial charge in [-0.25, -0.2) is 0 Å². The molecule has 0 aliphatic carbocycles. The summed E-state index contributed by atoms with van der Waals surface area (Å²) in [5.74, 6) is 0. The first-order chi connectivity index (χ1) is 8.93. The quantitative estimate of drug-likeness (QED) is 0.843. The summed E-state index contributed by atoms with van der Waals surface area (Å²) in [6, 6.07) is 6.56. The van der Waals surface area contributed by atoms with Gasteiger partial charge in [-0.3, -0.25) is 15.0 Å². The molecular weight excluding hydrogens is 226 g/mol. The number of pyridine rings is 1. The maximum absolute atomic E-state index is 4.22. The van der Waals surface area contributed by atoms with Crippen LogP contribution in [0.25, 0.3) is 0 Å². The Balaban J connectivity index is 1.78. The summed E-state index contributed by atoms with van der Waals surface area (Å²) in [7, 11) is 0. The predicted octanol–water partition coefficient (Wildman–Crippen LogP) is 0.951. The van der Waals surface area contributed by atoms with Gasteiger partial charge in [0, 0.05) is 56.5 Å². The molecule has 3 rings (SSSR count). The number of nitrogens with one attached hydrogen (secondary N) is 2. The summed E-state index contributed by atoms with van der Waals surface area (Å²) in [5.41, 5.74) is 2.43. The van der Waals surface area contributed by atoms with Crippen molar-refractivity contribution < 1.29 is 0 Å². The molecule has 1 fully saturated rings. The Morgan fingerprint density at radius 1 is 1.33 bits per heavy atom. The van der Waals surface area contributed by atoms with E-state index in [0.29, 0.717) is 6.04 Å². The molecule has 1 aliphatic rings. The first-order valence-corrected chi connectivity index (χ1v) is 6.26. The second-order valence-corrected chi connectivity index (χ2v) is 4.56. The molecule has 3 heterocycles. The Kier molecular flexibility index (Phi) is 3.34.